The second kappa shape index (κ2) is 8.50. The number of hydrogen-bond acceptors (Lipinski definition) is 4. The summed E-state index contributed by atoms with van der Waals surface area (Å²) in [6.45, 7) is 5.82. The highest BCUT2D eigenvalue weighted by atomic mass is 16.5. The maximum absolute atomic E-state index is 11.9. The van der Waals surface area contributed by atoms with Crippen molar-refractivity contribution in [3.63, 3.8) is 0 Å². The van der Waals surface area contributed by atoms with Gasteiger partial charge in [0.05, 0.1) is 19.3 Å². The molecular formula is C14H22N2O3. The molecular weight excluding hydrogens is 244 g/mol. The van der Waals surface area contributed by atoms with Gasteiger partial charge in [0, 0.05) is 18.7 Å². The third kappa shape index (κ3) is 6.22. The smallest absolute Gasteiger partial charge is 0.251 e. The standard InChI is InChI=1S/C14H22N2O3/c1-11(2)19-13-5-3-4-12(10-13)14(17)16-7-9-18-8-6-15/h3-5,10-11H,6-9,15H2,1-2H3,(H,16,17). The lowest BCUT2D eigenvalue weighted by Crippen LogP contribution is -2.27. The molecule has 1 amide bonds. The molecule has 0 aliphatic carbocycles. The molecule has 0 saturated carbocycles. The maximum atomic E-state index is 11.9. The van der Waals surface area contributed by atoms with Gasteiger partial charge in [-0.05, 0) is 32.0 Å². The molecule has 19 heavy (non-hydrogen) atoms. The van der Waals surface area contributed by atoms with Gasteiger partial charge in [0.1, 0.15) is 5.75 Å². The van der Waals surface area contributed by atoms with Crippen LogP contribution in [0.3, 0.4) is 0 Å². The van der Waals surface area contributed by atoms with Gasteiger partial charge in [-0.1, -0.05) is 6.07 Å². The largest absolute Gasteiger partial charge is 0.491 e. The van der Waals surface area contributed by atoms with Gasteiger partial charge in [-0.15, -0.1) is 0 Å². The fraction of sp³-hybridized carbons (Fsp3) is 0.500. The molecule has 0 saturated heterocycles. The first kappa shape index (κ1) is 15.5. The Balaban J connectivity index is 2.43. The first-order valence-electron chi connectivity index (χ1n) is 6.46. The van der Waals surface area contributed by atoms with E-state index in [2.05, 4.69) is 5.32 Å². The van der Waals surface area contributed by atoms with Crippen LogP contribution in [0, 0.1) is 0 Å². The molecule has 3 N–H and O–H groups in total. The predicted octanol–water partition coefficient (Wildman–Crippen LogP) is 1.18. The van der Waals surface area contributed by atoms with E-state index in [0.717, 1.165) is 0 Å². The molecule has 1 rings (SSSR count). The van der Waals surface area contributed by atoms with Gasteiger partial charge in [0.15, 0.2) is 0 Å². The normalized spacial score (nSPS) is 10.5. The summed E-state index contributed by atoms with van der Waals surface area (Å²) in [5.74, 6) is 0.563. The van der Waals surface area contributed by atoms with E-state index >= 15 is 0 Å². The van der Waals surface area contributed by atoms with Crippen LogP contribution in [-0.4, -0.2) is 38.3 Å². The van der Waals surface area contributed by atoms with Crippen molar-refractivity contribution in [1.82, 2.24) is 5.32 Å². The van der Waals surface area contributed by atoms with Crippen LogP contribution in [-0.2, 0) is 4.74 Å². The molecule has 0 aliphatic rings. The van der Waals surface area contributed by atoms with Crippen LogP contribution in [0.25, 0.3) is 0 Å². The van der Waals surface area contributed by atoms with Crippen molar-refractivity contribution < 1.29 is 14.3 Å². The fourth-order valence-electron chi connectivity index (χ4n) is 1.51. The van der Waals surface area contributed by atoms with Crippen LogP contribution < -0.4 is 15.8 Å². The summed E-state index contributed by atoms with van der Waals surface area (Å²) in [6.07, 6.45) is 0.0861. The second-order valence-electron chi connectivity index (χ2n) is 4.35. The lowest BCUT2D eigenvalue weighted by molar-refractivity contribution is 0.0919. The molecule has 0 heterocycles. The average Bonchev–Trinajstić information content (AvgIpc) is 2.38. The highest BCUT2D eigenvalue weighted by Gasteiger charge is 2.06. The number of carbonyl (C=O) groups excluding carboxylic acids is 1. The first-order valence-corrected chi connectivity index (χ1v) is 6.46. The summed E-state index contributed by atoms with van der Waals surface area (Å²) in [5, 5.41) is 2.78. The lowest BCUT2D eigenvalue weighted by atomic mass is 10.2. The van der Waals surface area contributed by atoms with E-state index in [4.69, 9.17) is 15.2 Å². The topological polar surface area (TPSA) is 73.6 Å². The Kier molecular flexibility index (Phi) is 6.92. The van der Waals surface area contributed by atoms with Crippen molar-refractivity contribution in [2.45, 2.75) is 20.0 Å². The molecule has 106 valence electrons. The quantitative estimate of drug-likeness (QED) is 0.693. The molecule has 0 atom stereocenters. The molecule has 0 bridgehead atoms. The number of rotatable bonds is 8. The molecule has 0 unspecified atom stereocenters. The third-order valence-electron chi connectivity index (χ3n) is 2.26. The van der Waals surface area contributed by atoms with Gasteiger partial charge in [-0.2, -0.15) is 0 Å². The Hall–Kier alpha value is -1.59. The minimum absolute atomic E-state index is 0.0861. The summed E-state index contributed by atoms with van der Waals surface area (Å²) < 4.78 is 10.7. The van der Waals surface area contributed by atoms with Crippen LogP contribution in [0.2, 0.25) is 0 Å². The van der Waals surface area contributed by atoms with E-state index < -0.39 is 0 Å². The Labute approximate surface area is 114 Å². The van der Waals surface area contributed by atoms with Crippen molar-refractivity contribution in [1.29, 1.82) is 0 Å². The number of nitrogens with two attached hydrogens (primary N) is 1. The van der Waals surface area contributed by atoms with Crippen LogP contribution in [0.15, 0.2) is 24.3 Å². The highest BCUT2D eigenvalue weighted by Crippen LogP contribution is 2.14. The molecule has 5 nitrogen and oxygen atoms in total. The van der Waals surface area contributed by atoms with Gasteiger partial charge in [0.2, 0.25) is 0 Å². The molecule has 5 heteroatoms. The number of benzene rings is 1. The highest BCUT2D eigenvalue weighted by molar-refractivity contribution is 5.94. The van der Waals surface area contributed by atoms with Gasteiger partial charge in [-0.25, -0.2) is 0 Å². The zero-order valence-electron chi connectivity index (χ0n) is 11.5. The summed E-state index contributed by atoms with van der Waals surface area (Å²) in [7, 11) is 0. The average molecular weight is 266 g/mol. The Morgan fingerprint density at radius 3 is 2.84 bits per heavy atom. The predicted molar refractivity (Wildman–Crippen MR) is 74.4 cm³/mol. The Morgan fingerprint density at radius 1 is 1.37 bits per heavy atom. The molecule has 1 aromatic carbocycles. The van der Waals surface area contributed by atoms with Crippen molar-refractivity contribution in [2.24, 2.45) is 5.73 Å². The monoisotopic (exact) mass is 266 g/mol. The van der Waals surface area contributed by atoms with Gasteiger partial charge in [0.25, 0.3) is 5.91 Å². The van der Waals surface area contributed by atoms with Gasteiger partial charge >= 0.3 is 0 Å². The number of amides is 1. The van der Waals surface area contributed by atoms with Gasteiger partial charge in [-0.3, -0.25) is 4.79 Å². The van der Waals surface area contributed by atoms with Crippen LogP contribution >= 0.6 is 0 Å². The minimum Gasteiger partial charge on any atom is -0.491 e. The Bertz CT molecular complexity index is 394. The number of ether oxygens (including phenoxy) is 2. The van der Waals surface area contributed by atoms with Crippen LogP contribution in [0.5, 0.6) is 5.75 Å². The van der Waals surface area contributed by atoms with Crippen molar-refractivity contribution >= 4 is 5.91 Å². The zero-order valence-corrected chi connectivity index (χ0v) is 11.5. The third-order valence-corrected chi connectivity index (χ3v) is 2.26. The zero-order chi connectivity index (χ0) is 14.1. The number of carbonyl (C=O) groups is 1. The van der Waals surface area contributed by atoms with E-state index in [0.29, 0.717) is 37.6 Å². The second-order valence-corrected chi connectivity index (χ2v) is 4.35. The fourth-order valence-corrected chi connectivity index (χ4v) is 1.51. The molecule has 0 radical (unpaired) electrons. The summed E-state index contributed by atoms with van der Waals surface area (Å²) in [6, 6.07) is 7.12. The SMILES string of the molecule is CC(C)Oc1cccc(C(=O)NCCOCCN)c1. The van der Waals surface area contributed by atoms with Gasteiger partial charge < -0.3 is 20.5 Å². The van der Waals surface area contributed by atoms with Crippen molar-refractivity contribution in [2.75, 3.05) is 26.3 Å². The molecule has 1 aromatic rings. The Morgan fingerprint density at radius 2 is 2.16 bits per heavy atom. The minimum atomic E-state index is -0.134. The molecule has 0 spiro atoms. The molecule has 0 aliphatic heterocycles. The van der Waals surface area contributed by atoms with E-state index in [9.17, 15) is 4.79 Å². The summed E-state index contributed by atoms with van der Waals surface area (Å²) in [5.41, 5.74) is 5.87. The molecule has 0 aromatic heterocycles. The maximum Gasteiger partial charge on any atom is 0.251 e. The summed E-state index contributed by atoms with van der Waals surface area (Å²) >= 11 is 0. The van der Waals surface area contributed by atoms with E-state index in [1.165, 1.54) is 0 Å². The van der Waals surface area contributed by atoms with E-state index in [1.807, 2.05) is 19.9 Å². The van der Waals surface area contributed by atoms with E-state index in [1.54, 1.807) is 18.2 Å². The van der Waals surface area contributed by atoms with Crippen molar-refractivity contribution in [3.8, 4) is 5.75 Å². The lowest BCUT2D eigenvalue weighted by Gasteiger charge is -2.11. The van der Waals surface area contributed by atoms with E-state index in [-0.39, 0.29) is 12.0 Å². The van der Waals surface area contributed by atoms with Crippen LogP contribution in [0.1, 0.15) is 24.2 Å². The number of nitrogens with one attached hydrogen (secondary N) is 1. The van der Waals surface area contributed by atoms with Crippen LogP contribution in [0.4, 0.5) is 0 Å². The molecule has 0 fully saturated rings. The summed E-state index contributed by atoms with van der Waals surface area (Å²) in [4.78, 5) is 11.9. The van der Waals surface area contributed by atoms with Crippen molar-refractivity contribution in [3.05, 3.63) is 29.8 Å². The first-order chi connectivity index (χ1) is 9.13. The number of hydrogen-bond donors (Lipinski definition) is 2.